The lowest BCUT2D eigenvalue weighted by molar-refractivity contribution is 0.179. The Kier molecular flexibility index (Phi) is 3.61. The van der Waals surface area contributed by atoms with Crippen molar-refractivity contribution < 1.29 is 5.11 Å². The third-order valence-electron chi connectivity index (χ3n) is 3.11. The Morgan fingerprint density at radius 1 is 1.25 bits per heavy atom. The first-order valence-electron chi connectivity index (χ1n) is 6.21. The number of aliphatic hydroxyl groups excluding tert-OH is 1. The first kappa shape index (κ1) is 13.4. The van der Waals surface area contributed by atoms with Crippen LogP contribution < -0.4 is 5.73 Å². The molecule has 3 rings (SSSR count). The van der Waals surface area contributed by atoms with Crippen LogP contribution in [-0.4, -0.2) is 10.1 Å². The van der Waals surface area contributed by atoms with E-state index in [9.17, 15) is 5.11 Å². The van der Waals surface area contributed by atoms with Crippen molar-refractivity contribution in [2.75, 3.05) is 5.73 Å². The Labute approximate surface area is 125 Å². The molecule has 0 saturated carbocycles. The van der Waals surface area contributed by atoms with Gasteiger partial charge in [-0.25, -0.2) is 4.98 Å². The van der Waals surface area contributed by atoms with Crippen molar-refractivity contribution in [2.45, 2.75) is 12.5 Å². The monoisotopic (exact) mass is 304 g/mol. The van der Waals surface area contributed by atoms with E-state index in [4.69, 9.17) is 17.3 Å². The van der Waals surface area contributed by atoms with E-state index in [0.717, 1.165) is 15.2 Å². The number of nitrogens with two attached hydrogens (primary N) is 1. The molecule has 0 amide bonds. The summed E-state index contributed by atoms with van der Waals surface area (Å²) in [6, 6.07) is 13.1. The van der Waals surface area contributed by atoms with E-state index < -0.39 is 6.10 Å². The summed E-state index contributed by atoms with van der Waals surface area (Å²) in [4.78, 5) is 4.52. The second-order valence-electron chi connectivity index (χ2n) is 4.57. The molecule has 102 valence electrons. The Morgan fingerprint density at radius 2 is 2.05 bits per heavy atom. The van der Waals surface area contributed by atoms with Crippen molar-refractivity contribution in [1.29, 1.82) is 0 Å². The molecule has 1 unspecified atom stereocenters. The number of benzene rings is 2. The third-order valence-corrected chi connectivity index (χ3v) is 4.41. The summed E-state index contributed by atoms with van der Waals surface area (Å²) in [5.74, 6) is 0. The second kappa shape index (κ2) is 5.40. The van der Waals surface area contributed by atoms with Crippen LogP contribution in [0.1, 0.15) is 16.7 Å². The van der Waals surface area contributed by atoms with Crippen LogP contribution in [0.4, 0.5) is 5.69 Å². The summed E-state index contributed by atoms with van der Waals surface area (Å²) in [5, 5.41) is 11.8. The molecule has 0 aliphatic carbocycles. The summed E-state index contributed by atoms with van der Waals surface area (Å²) in [6.07, 6.45) is -0.224. The highest BCUT2D eigenvalue weighted by Crippen LogP contribution is 2.29. The molecule has 0 fully saturated rings. The van der Waals surface area contributed by atoms with Gasteiger partial charge in [-0.15, -0.1) is 11.3 Å². The molecule has 1 heterocycles. The van der Waals surface area contributed by atoms with Gasteiger partial charge in [0.05, 0.1) is 21.3 Å². The van der Waals surface area contributed by atoms with Crippen molar-refractivity contribution >= 4 is 38.8 Å². The van der Waals surface area contributed by atoms with Gasteiger partial charge in [0.1, 0.15) is 0 Å². The van der Waals surface area contributed by atoms with Crippen molar-refractivity contribution in [2.24, 2.45) is 0 Å². The molecular weight excluding hydrogens is 292 g/mol. The Hall–Kier alpha value is -1.62. The lowest BCUT2D eigenvalue weighted by Crippen LogP contribution is -2.05. The van der Waals surface area contributed by atoms with Gasteiger partial charge in [-0.3, -0.25) is 0 Å². The van der Waals surface area contributed by atoms with E-state index in [0.29, 0.717) is 22.7 Å². The smallest absolute Gasteiger partial charge is 0.0967 e. The Bertz CT molecular complexity index is 723. The minimum absolute atomic E-state index is 0.450. The summed E-state index contributed by atoms with van der Waals surface area (Å²) in [5.41, 5.74) is 8.05. The normalized spacial score (nSPS) is 12.7. The van der Waals surface area contributed by atoms with E-state index >= 15 is 0 Å². The van der Waals surface area contributed by atoms with Gasteiger partial charge in [0.2, 0.25) is 0 Å². The average molecular weight is 305 g/mol. The van der Waals surface area contributed by atoms with Crippen LogP contribution in [-0.2, 0) is 6.42 Å². The number of rotatable bonds is 3. The van der Waals surface area contributed by atoms with Crippen LogP contribution in [0.2, 0.25) is 5.02 Å². The molecule has 0 radical (unpaired) electrons. The second-order valence-corrected chi connectivity index (χ2v) is 6.12. The fraction of sp³-hybridized carbons (Fsp3) is 0.133. The molecule has 1 atom stereocenters. The van der Waals surface area contributed by atoms with Crippen LogP contribution in [0.5, 0.6) is 0 Å². The minimum atomic E-state index is -0.673. The first-order chi connectivity index (χ1) is 9.63. The number of hydrogen-bond donors (Lipinski definition) is 2. The maximum atomic E-state index is 10.3. The van der Waals surface area contributed by atoms with Gasteiger partial charge in [0, 0.05) is 22.7 Å². The van der Waals surface area contributed by atoms with Crippen LogP contribution in [0.15, 0.2) is 42.5 Å². The fourth-order valence-electron chi connectivity index (χ4n) is 2.13. The van der Waals surface area contributed by atoms with Gasteiger partial charge in [0.15, 0.2) is 0 Å². The predicted molar refractivity (Wildman–Crippen MR) is 84.1 cm³/mol. The van der Waals surface area contributed by atoms with Crippen LogP contribution in [0.25, 0.3) is 10.2 Å². The maximum Gasteiger partial charge on any atom is 0.0967 e. The van der Waals surface area contributed by atoms with Crippen LogP contribution >= 0.6 is 22.9 Å². The zero-order chi connectivity index (χ0) is 14.1. The van der Waals surface area contributed by atoms with Crippen LogP contribution in [0.3, 0.4) is 0 Å². The fourth-order valence-corrected chi connectivity index (χ4v) is 3.32. The van der Waals surface area contributed by atoms with Gasteiger partial charge < -0.3 is 10.8 Å². The topological polar surface area (TPSA) is 59.1 Å². The Balaban J connectivity index is 1.86. The standard InChI is InChI=1S/C15H13ClN2OS/c16-9-5-6-10(11(17)7-9)13(19)8-15-18-12-3-1-2-4-14(12)20-15/h1-7,13,19H,8,17H2. The molecule has 3 nitrogen and oxygen atoms in total. The molecule has 5 heteroatoms. The van der Waals surface area contributed by atoms with E-state index in [2.05, 4.69) is 4.98 Å². The lowest BCUT2D eigenvalue weighted by Gasteiger charge is -2.12. The number of fused-ring (bicyclic) bond motifs is 1. The predicted octanol–water partition coefficient (Wildman–Crippen LogP) is 3.81. The zero-order valence-electron chi connectivity index (χ0n) is 10.6. The van der Waals surface area contributed by atoms with Crippen molar-refractivity contribution in [3.63, 3.8) is 0 Å². The highest BCUT2D eigenvalue weighted by atomic mass is 35.5. The van der Waals surface area contributed by atoms with Crippen LogP contribution in [0, 0.1) is 0 Å². The van der Waals surface area contributed by atoms with Gasteiger partial charge in [0.25, 0.3) is 0 Å². The molecule has 0 aliphatic heterocycles. The molecule has 1 aromatic heterocycles. The molecule has 0 aliphatic rings. The van der Waals surface area contributed by atoms with Gasteiger partial charge in [-0.2, -0.15) is 0 Å². The SMILES string of the molecule is Nc1cc(Cl)ccc1C(O)Cc1nc2ccccc2s1. The minimum Gasteiger partial charge on any atom is -0.398 e. The molecule has 0 spiro atoms. The average Bonchev–Trinajstić information content (AvgIpc) is 2.80. The van der Waals surface area contributed by atoms with Gasteiger partial charge >= 0.3 is 0 Å². The highest BCUT2D eigenvalue weighted by molar-refractivity contribution is 7.18. The van der Waals surface area contributed by atoms with Crippen molar-refractivity contribution in [3.8, 4) is 0 Å². The zero-order valence-corrected chi connectivity index (χ0v) is 12.2. The number of aromatic nitrogens is 1. The largest absolute Gasteiger partial charge is 0.398 e. The van der Waals surface area contributed by atoms with Crippen molar-refractivity contribution in [3.05, 3.63) is 58.1 Å². The van der Waals surface area contributed by atoms with E-state index in [1.54, 1.807) is 29.5 Å². The molecule has 3 N–H and O–H groups in total. The quantitative estimate of drug-likeness (QED) is 0.723. The molecule has 0 bridgehead atoms. The molecule has 2 aromatic carbocycles. The number of nitrogen functional groups attached to an aromatic ring is 1. The number of aliphatic hydroxyl groups is 1. The highest BCUT2D eigenvalue weighted by Gasteiger charge is 2.14. The Morgan fingerprint density at radius 3 is 2.80 bits per heavy atom. The van der Waals surface area contributed by atoms with E-state index in [1.807, 2.05) is 24.3 Å². The number of nitrogens with zero attached hydrogens (tertiary/aromatic N) is 1. The lowest BCUT2D eigenvalue weighted by atomic mass is 10.1. The number of thiazole rings is 1. The van der Waals surface area contributed by atoms with E-state index in [-0.39, 0.29) is 0 Å². The summed E-state index contributed by atoms with van der Waals surface area (Å²) in [7, 11) is 0. The molecule has 20 heavy (non-hydrogen) atoms. The summed E-state index contributed by atoms with van der Waals surface area (Å²) in [6.45, 7) is 0. The number of para-hydroxylation sites is 1. The van der Waals surface area contributed by atoms with Crippen molar-refractivity contribution in [1.82, 2.24) is 4.98 Å². The summed E-state index contributed by atoms with van der Waals surface area (Å²) >= 11 is 7.45. The third kappa shape index (κ3) is 2.63. The molecule has 3 aromatic rings. The van der Waals surface area contributed by atoms with Gasteiger partial charge in [-0.1, -0.05) is 29.8 Å². The summed E-state index contributed by atoms with van der Waals surface area (Å²) < 4.78 is 1.12. The van der Waals surface area contributed by atoms with E-state index in [1.165, 1.54) is 0 Å². The van der Waals surface area contributed by atoms with Gasteiger partial charge in [-0.05, 0) is 24.3 Å². The number of hydrogen-bond acceptors (Lipinski definition) is 4. The maximum absolute atomic E-state index is 10.3. The number of anilines is 1. The molecular formula is C15H13ClN2OS. The first-order valence-corrected chi connectivity index (χ1v) is 7.40. The molecule has 0 saturated heterocycles. The number of halogens is 1.